The van der Waals surface area contributed by atoms with Gasteiger partial charge in [0.2, 0.25) is 5.95 Å². The van der Waals surface area contributed by atoms with Gasteiger partial charge in [0.1, 0.15) is 11.5 Å². The third kappa shape index (κ3) is 3.49. The van der Waals surface area contributed by atoms with Crippen molar-refractivity contribution in [2.24, 2.45) is 0 Å². The lowest BCUT2D eigenvalue weighted by atomic mass is 10.1. The van der Waals surface area contributed by atoms with Gasteiger partial charge in [-0.05, 0) is 42.0 Å². The van der Waals surface area contributed by atoms with Gasteiger partial charge >= 0.3 is 0 Å². The van der Waals surface area contributed by atoms with Crippen molar-refractivity contribution in [3.8, 4) is 22.6 Å². The molecule has 0 bridgehead atoms. The third-order valence-corrected chi connectivity index (χ3v) is 4.46. The van der Waals surface area contributed by atoms with E-state index in [1.54, 1.807) is 30.7 Å². The largest absolute Gasteiger partial charge is 0.457 e. The van der Waals surface area contributed by atoms with E-state index in [0.29, 0.717) is 28.8 Å². The van der Waals surface area contributed by atoms with Crippen LogP contribution in [0.2, 0.25) is 0 Å². The summed E-state index contributed by atoms with van der Waals surface area (Å²) in [4.78, 5) is 25.4. The minimum absolute atomic E-state index is 0.215. The van der Waals surface area contributed by atoms with Gasteiger partial charge in [-0.25, -0.2) is 4.98 Å². The second-order valence-corrected chi connectivity index (χ2v) is 6.49. The smallest absolute Gasteiger partial charge is 0.281 e. The van der Waals surface area contributed by atoms with Crippen LogP contribution in [0.4, 0.5) is 11.6 Å². The van der Waals surface area contributed by atoms with Crippen LogP contribution in [0.15, 0.2) is 90.1 Å². The van der Waals surface area contributed by atoms with Crippen molar-refractivity contribution in [2.75, 3.05) is 5.32 Å². The molecule has 0 aliphatic heterocycles. The minimum atomic E-state index is -0.215. The molecule has 0 radical (unpaired) electrons. The number of aromatic amines is 1. The molecule has 30 heavy (non-hydrogen) atoms. The fourth-order valence-corrected chi connectivity index (χ4v) is 3.01. The third-order valence-electron chi connectivity index (χ3n) is 4.46. The van der Waals surface area contributed by atoms with Crippen LogP contribution in [0.5, 0.6) is 11.5 Å². The molecule has 2 N–H and O–H groups in total. The Morgan fingerprint density at radius 1 is 0.900 bits per heavy atom. The molecule has 5 rings (SSSR count). The molecule has 0 saturated heterocycles. The van der Waals surface area contributed by atoms with Crippen LogP contribution >= 0.6 is 0 Å². The Morgan fingerprint density at radius 2 is 1.63 bits per heavy atom. The number of ether oxygens (including phenoxy) is 1. The van der Waals surface area contributed by atoms with Gasteiger partial charge in [-0.2, -0.15) is 9.50 Å². The molecule has 0 atom stereocenters. The van der Waals surface area contributed by atoms with Crippen LogP contribution in [0, 0.1) is 0 Å². The van der Waals surface area contributed by atoms with Crippen LogP contribution in [0.3, 0.4) is 0 Å². The molecule has 0 spiro atoms. The standard InChI is InChI=1S/C22H16N6O2/c29-20-19(15-4-2-1-3-5-15)14-24-22-26-21(27-28(20)22)25-16-6-8-17(9-7-16)30-18-10-12-23-13-11-18/h1-14H,(H2,24,25,26,27). The van der Waals surface area contributed by atoms with Crippen molar-refractivity contribution in [1.29, 1.82) is 0 Å². The van der Waals surface area contributed by atoms with Crippen LogP contribution in [0.1, 0.15) is 0 Å². The summed E-state index contributed by atoms with van der Waals surface area (Å²) in [5.74, 6) is 2.11. The number of hydrogen-bond donors (Lipinski definition) is 2. The molecule has 3 heterocycles. The summed E-state index contributed by atoms with van der Waals surface area (Å²) in [5.41, 5.74) is 1.87. The highest BCUT2D eigenvalue weighted by Crippen LogP contribution is 2.23. The molecule has 0 unspecified atom stereocenters. The second kappa shape index (κ2) is 7.51. The van der Waals surface area contributed by atoms with E-state index in [-0.39, 0.29) is 5.56 Å². The predicted molar refractivity (Wildman–Crippen MR) is 113 cm³/mol. The highest BCUT2D eigenvalue weighted by atomic mass is 16.5. The lowest BCUT2D eigenvalue weighted by Crippen LogP contribution is -2.17. The number of nitrogens with one attached hydrogen (secondary N) is 2. The highest BCUT2D eigenvalue weighted by molar-refractivity contribution is 5.63. The van der Waals surface area contributed by atoms with Gasteiger partial charge in [-0.1, -0.05) is 30.3 Å². The molecule has 2 aromatic carbocycles. The fraction of sp³-hybridized carbons (Fsp3) is 0. The topological polar surface area (TPSA) is 97.2 Å². The molecule has 0 fully saturated rings. The molecule has 0 amide bonds. The van der Waals surface area contributed by atoms with Crippen molar-refractivity contribution in [1.82, 2.24) is 24.6 Å². The van der Waals surface area contributed by atoms with E-state index in [1.165, 1.54) is 4.52 Å². The van der Waals surface area contributed by atoms with Gasteiger partial charge in [-0.15, -0.1) is 0 Å². The Morgan fingerprint density at radius 3 is 2.40 bits per heavy atom. The average Bonchev–Trinajstić information content (AvgIpc) is 3.20. The van der Waals surface area contributed by atoms with Crippen LogP contribution < -0.4 is 15.6 Å². The van der Waals surface area contributed by atoms with Crippen LogP contribution in [-0.4, -0.2) is 24.6 Å². The SMILES string of the molecule is O=c1c(-c2ccccc2)cnc2nc(Nc3ccc(Oc4ccncc4)cc3)[nH]n12. The van der Waals surface area contributed by atoms with E-state index in [4.69, 9.17) is 4.74 Å². The molecule has 146 valence electrons. The normalized spacial score (nSPS) is 10.8. The van der Waals surface area contributed by atoms with Crippen molar-refractivity contribution in [3.05, 3.63) is 95.7 Å². The predicted octanol–water partition coefficient (Wildman–Crippen LogP) is 4.02. The molecule has 0 saturated carbocycles. The van der Waals surface area contributed by atoms with Crippen LogP contribution in [0.25, 0.3) is 16.9 Å². The zero-order valence-electron chi connectivity index (χ0n) is 15.7. The number of fused-ring (bicyclic) bond motifs is 1. The molecule has 5 aromatic rings. The fourth-order valence-electron chi connectivity index (χ4n) is 3.01. The second-order valence-electron chi connectivity index (χ2n) is 6.49. The van der Waals surface area contributed by atoms with E-state index >= 15 is 0 Å². The van der Waals surface area contributed by atoms with Gasteiger partial charge in [0.15, 0.2) is 0 Å². The number of nitrogens with zero attached hydrogens (tertiary/aromatic N) is 4. The summed E-state index contributed by atoms with van der Waals surface area (Å²) in [5, 5.41) is 6.10. The quantitative estimate of drug-likeness (QED) is 0.466. The van der Waals surface area contributed by atoms with E-state index < -0.39 is 0 Å². The Balaban J connectivity index is 1.38. The highest BCUT2D eigenvalue weighted by Gasteiger charge is 2.11. The monoisotopic (exact) mass is 396 g/mol. The van der Waals surface area contributed by atoms with E-state index in [9.17, 15) is 4.79 Å². The summed E-state index contributed by atoms with van der Waals surface area (Å²) < 4.78 is 7.08. The lowest BCUT2D eigenvalue weighted by molar-refractivity contribution is 0.482. The minimum Gasteiger partial charge on any atom is -0.457 e. The first-order chi connectivity index (χ1) is 14.8. The lowest BCUT2D eigenvalue weighted by Gasteiger charge is -2.06. The van der Waals surface area contributed by atoms with Crippen LogP contribution in [-0.2, 0) is 0 Å². The van der Waals surface area contributed by atoms with Gasteiger partial charge < -0.3 is 10.1 Å². The summed E-state index contributed by atoms with van der Waals surface area (Å²) in [6.45, 7) is 0. The maximum absolute atomic E-state index is 12.8. The molecular weight excluding hydrogens is 380 g/mol. The first-order valence-electron chi connectivity index (χ1n) is 9.24. The van der Waals surface area contributed by atoms with Crippen molar-refractivity contribution < 1.29 is 4.74 Å². The van der Waals surface area contributed by atoms with Gasteiger partial charge in [-0.3, -0.25) is 14.9 Å². The number of aromatic nitrogens is 5. The molecule has 3 aromatic heterocycles. The van der Waals surface area contributed by atoms with E-state index in [2.05, 4.69) is 25.4 Å². The molecule has 0 aliphatic rings. The van der Waals surface area contributed by atoms with Gasteiger partial charge in [0.25, 0.3) is 11.3 Å². The number of anilines is 2. The van der Waals surface area contributed by atoms with Crippen molar-refractivity contribution >= 4 is 17.4 Å². The average molecular weight is 396 g/mol. The molecule has 8 heteroatoms. The van der Waals surface area contributed by atoms with E-state index in [1.807, 2.05) is 54.6 Å². The van der Waals surface area contributed by atoms with E-state index in [0.717, 1.165) is 11.3 Å². The Bertz CT molecular complexity index is 1350. The molecule has 0 aliphatic carbocycles. The first-order valence-corrected chi connectivity index (χ1v) is 9.24. The summed E-state index contributed by atoms with van der Waals surface area (Å²) in [6, 6.07) is 20.4. The Labute approximate surface area is 170 Å². The Hall–Kier alpha value is -4.46. The first kappa shape index (κ1) is 17.6. The van der Waals surface area contributed by atoms with Gasteiger partial charge in [0, 0.05) is 24.3 Å². The summed E-state index contributed by atoms with van der Waals surface area (Å²) >= 11 is 0. The zero-order chi connectivity index (χ0) is 20.3. The number of pyridine rings is 1. The summed E-state index contributed by atoms with van der Waals surface area (Å²) in [6.07, 6.45) is 4.89. The number of hydrogen-bond acceptors (Lipinski definition) is 6. The van der Waals surface area contributed by atoms with Gasteiger partial charge in [0.05, 0.1) is 5.56 Å². The number of benzene rings is 2. The van der Waals surface area contributed by atoms with Crippen molar-refractivity contribution in [2.45, 2.75) is 0 Å². The molecular formula is C22H16N6O2. The molecule has 8 nitrogen and oxygen atoms in total. The number of rotatable bonds is 5. The zero-order valence-corrected chi connectivity index (χ0v) is 15.7. The Kier molecular flexibility index (Phi) is 4.41. The maximum Gasteiger partial charge on any atom is 0.281 e. The number of H-pyrrole nitrogens is 1. The maximum atomic E-state index is 12.8. The summed E-state index contributed by atoms with van der Waals surface area (Å²) in [7, 11) is 0. The van der Waals surface area contributed by atoms with Crippen molar-refractivity contribution in [3.63, 3.8) is 0 Å².